The summed E-state index contributed by atoms with van der Waals surface area (Å²) in [6, 6.07) is 65.8. The van der Waals surface area contributed by atoms with Crippen molar-refractivity contribution in [1.29, 1.82) is 0 Å². The highest BCUT2D eigenvalue weighted by Gasteiger charge is 2.29. The van der Waals surface area contributed by atoms with Crippen LogP contribution in [0.5, 0.6) is 0 Å². The fourth-order valence-electron chi connectivity index (χ4n) is 9.08. The number of nitrogens with zero attached hydrogens (tertiary/aromatic N) is 4. The van der Waals surface area contributed by atoms with Gasteiger partial charge in [-0.1, -0.05) is 121 Å². The predicted molar refractivity (Wildman–Crippen MR) is 237 cm³/mol. The Morgan fingerprint density at radius 3 is 1.70 bits per heavy atom. The van der Waals surface area contributed by atoms with Crippen LogP contribution in [0.1, 0.15) is 17.3 Å². The molecule has 0 spiro atoms. The monoisotopic (exact) mass is 729 g/mol. The molecule has 0 aliphatic carbocycles. The number of hydrogen-bond acceptors (Lipinski definition) is 3. The Bertz CT molecular complexity index is 3320. The van der Waals surface area contributed by atoms with Crippen molar-refractivity contribution in [2.24, 2.45) is 4.99 Å². The average Bonchev–Trinajstić information content (AvgIpc) is 3.97. The summed E-state index contributed by atoms with van der Waals surface area (Å²) in [4.78, 5) is 5.23. The number of fused-ring (bicyclic) bond motifs is 8. The van der Waals surface area contributed by atoms with E-state index in [0.29, 0.717) is 0 Å². The van der Waals surface area contributed by atoms with Gasteiger partial charge in [0, 0.05) is 44.7 Å². The van der Waals surface area contributed by atoms with Gasteiger partial charge >= 0.3 is 0 Å². The van der Waals surface area contributed by atoms with Crippen molar-refractivity contribution in [3.05, 3.63) is 211 Å². The number of aromatic nitrogens is 2. The molecule has 57 heavy (non-hydrogen) atoms. The molecule has 1 N–H and O–H groups in total. The minimum Gasteiger partial charge on any atom is -0.309 e. The van der Waals surface area contributed by atoms with Gasteiger partial charge in [-0.05, 0) is 106 Å². The van der Waals surface area contributed by atoms with E-state index >= 15 is 0 Å². The van der Waals surface area contributed by atoms with E-state index in [1.165, 1.54) is 76.8 Å². The Labute approximate surface area is 329 Å². The van der Waals surface area contributed by atoms with Crippen molar-refractivity contribution in [3.63, 3.8) is 0 Å². The summed E-state index contributed by atoms with van der Waals surface area (Å²) < 4.78 is 4.75. The highest BCUT2D eigenvalue weighted by molar-refractivity contribution is 6.27. The third-order valence-electron chi connectivity index (χ3n) is 11.7. The molecule has 0 radical (unpaired) electrons. The maximum absolute atomic E-state index is 5.23. The SMILES string of the molecule is C1=CN2NC(c3ccc(-n4c5ccccc5c5cc(-c6ccc7c(c6)c6ccccc6n7-c6ccccc6)ccc54)cc3)N=C2C(c2cccc3ccccc23)=C1. The minimum absolute atomic E-state index is 0.199. The van der Waals surface area contributed by atoms with Crippen molar-refractivity contribution in [3.8, 4) is 22.5 Å². The highest BCUT2D eigenvalue weighted by atomic mass is 15.6. The van der Waals surface area contributed by atoms with Crippen LogP contribution in [0.2, 0.25) is 0 Å². The third-order valence-corrected chi connectivity index (χ3v) is 11.7. The Kier molecular flexibility index (Phi) is 7.00. The van der Waals surface area contributed by atoms with Gasteiger partial charge in [0.2, 0.25) is 0 Å². The number of benzene rings is 8. The number of aliphatic imine (C=N–C) groups is 1. The third kappa shape index (κ3) is 4.96. The first-order valence-corrected chi connectivity index (χ1v) is 19.5. The summed E-state index contributed by atoms with van der Waals surface area (Å²) in [7, 11) is 0. The Balaban J connectivity index is 0.909. The van der Waals surface area contributed by atoms with Crippen molar-refractivity contribution in [1.82, 2.24) is 19.6 Å². The summed E-state index contributed by atoms with van der Waals surface area (Å²) >= 11 is 0. The lowest BCUT2D eigenvalue weighted by atomic mass is 9.96. The van der Waals surface area contributed by atoms with Gasteiger partial charge in [0.1, 0.15) is 6.17 Å². The Morgan fingerprint density at radius 1 is 0.456 bits per heavy atom. The van der Waals surface area contributed by atoms with Gasteiger partial charge in [0.05, 0.1) is 22.1 Å². The van der Waals surface area contributed by atoms with Gasteiger partial charge < -0.3 is 9.13 Å². The molecule has 2 aliphatic heterocycles. The van der Waals surface area contributed by atoms with Gasteiger partial charge in [0.15, 0.2) is 5.84 Å². The average molecular weight is 730 g/mol. The second-order valence-electron chi connectivity index (χ2n) is 14.9. The lowest BCUT2D eigenvalue weighted by Crippen LogP contribution is -2.34. The van der Waals surface area contributed by atoms with Gasteiger partial charge in [-0.25, -0.2) is 10.4 Å². The van der Waals surface area contributed by atoms with Gasteiger partial charge in [-0.15, -0.1) is 0 Å². The molecule has 2 aliphatic rings. The molecular formula is C52H35N5. The van der Waals surface area contributed by atoms with Gasteiger partial charge in [-0.3, -0.25) is 5.01 Å². The van der Waals surface area contributed by atoms with E-state index in [2.05, 4.69) is 220 Å². The zero-order valence-electron chi connectivity index (χ0n) is 30.9. The van der Waals surface area contributed by atoms with E-state index in [-0.39, 0.29) is 6.17 Å². The number of amidine groups is 1. The molecule has 0 saturated heterocycles. The van der Waals surface area contributed by atoms with Gasteiger partial charge in [0.25, 0.3) is 0 Å². The summed E-state index contributed by atoms with van der Waals surface area (Å²) in [5, 5.41) is 9.49. The number of hydrogen-bond donors (Lipinski definition) is 1. The number of hydrazine groups is 1. The normalized spacial score (nSPS) is 15.2. The lowest BCUT2D eigenvalue weighted by molar-refractivity contribution is 0.387. The summed E-state index contributed by atoms with van der Waals surface area (Å²) in [6.07, 6.45) is 6.11. The standard InChI is InChI=1S/C52H35N5/c1-2-14-38(15-3-1)56-47-21-8-6-17-42(47)45-32-36(25-29-49(45)56)37-26-30-50-46(33-37)43-18-7-9-22-48(43)57(50)39-27-23-35(24-28-39)51-53-52-44(20-11-31-55(52)54-51)41-19-10-13-34-12-4-5-16-40(34)41/h1-33,51,54H. The molecule has 4 heterocycles. The molecule has 268 valence electrons. The number of nitrogens with one attached hydrogen (secondary N) is 1. The summed E-state index contributed by atoms with van der Waals surface area (Å²) in [5.74, 6) is 0.933. The first-order chi connectivity index (χ1) is 28.3. The van der Waals surface area contributed by atoms with E-state index in [4.69, 9.17) is 4.99 Å². The molecule has 8 aromatic carbocycles. The van der Waals surface area contributed by atoms with Crippen LogP contribution in [0.25, 0.3) is 82.5 Å². The van der Waals surface area contributed by atoms with E-state index in [1.807, 2.05) is 0 Å². The maximum Gasteiger partial charge on any atom is 0.152 e. The number of allylic oxidation sites excluding steroid dienone is 2. The number of para-hydroxylation sites is 3. The van der Waals surface area contributed by atoms with Crippen LogP contribution < -0.4 is 5.43 Å². The summed E-state index contributed by atoms with van der Waals surface area (Å²) in [5.41, 5.74) is 16.5. The highest BCUT2D eigenvalue weighted by Crippen LogP contribution is 2.39. The molecule has 2 aromatic heterocycles. The van der Waals surface area contributed by atoms with Crippen molar-refractivity contribution < 1.29 is 0 Å². The van der Waals surface area contributed by atoms with E-state index in [1.54, 1.807) is 0 Å². The first-order valence-electron chi connectivity index (χ1n) is 19.5. The van der Waals surface area contributed by atoms with Crippen molar-refractivity contribution in [2.75, 3.05) is 0 Å². The van der Waals surface area contributed by atoms with Crippen LogP contribution in [-0.2, 0) is 0 Å². The zero-order valence-corrected chi connectivity index (χ0v) is 30.9. The van der Waals surface area contributed by atoms with Gasteiger partial charge in [-0.2, -0.15) is 0 Å². The second kappa shape index (κ2) is 12.5. The molecule has 10 aromatic rings. The molecule has 0 fully saturated rings. The molecule has 12 rings (SSSR count). The number of rotatable bonds is 5. The molecule has 1 atom stereocenters. The molecule has 1 unspecified atom stereocenters. The smallest absolute Gasteiger partial charge is 0.152 e. The quantitative estimate of drug-likeness (QED) is 0.192. The molecule has 0 bridgehead atoms. The first kappa shape index (κ1) is 31.8. The molecule has 5 nitrogen and oxygen atoms in total. The largest absolute Gasteiger partial charge is 0.309 e. The second-order valence-corrected chi connectivity index (χ2v) is 14.9. The van der Waals surface area contributed by atoms with Crippen molar-refractivity contribution >= 4 is 65.8 Å². The minimum atomic E-state index is -0.199. The van der Waals surface area contributed by atoms with Crippen LogP contribution in [0.15, 0.2) is 205 Å². The van der Waals surface area contributed by atoms with E-state index in [0.717, 1.165) is 22.7 Å². The molecular weight excluding hydrogens is 695 g/mol. The zero-order chi connectivity index (χ0) is 37.5. The van der Waals surface area contributed by atoms with Crippen LogP contribution in [0.4, 0.5) is 0 Å². The Hall–Kier alpha value is -7.47. The Morgan fingerprint density at radius 2 is 1.02 bits per heavy atom. The van der Waals surface area contributed by atoms with Crippen LogP contribution >= 0.6 is 0 Å². The maximum atomic E-state index is 5.23. The summed E-state index contributed by atoms with van der Waals surface area (Å²) in [6.45, 7) is 0. The van der Waals surface area contributed by atoms with Crippen LogP contribution in [-0.4, -0.2) is 20.0 Å². The fourth-order valence-corrected chi connectivity index (χ4v) is 9.08. The molecule has 0 saturated carbocycles. The van der Waals surface area contributed by atoms with Crippen LogP contribution in [0, 0.1) is 0 Å². The van der Waals surface area contributed by atoms with Crippen LogP contribution in [0.3, 0.4) is 0 Å². The lowest BCUT2D eigenvalue weighted by Gasteiger charge is -2.22. The van der Waals surface area contributed by atoms with E-state index < -0.39 is 0 Å². The fraction of sp³-hybridized carbons (Fsp3) is 0.0192. The van der Waals surface area contributed by atoms with Crippen molar-refractivity contribution in [2.45, 2.75) is 6.17 Å². The molecule has 5 heteroatoms. The van der Waals surface area contributed by atoms with E-state index in [9.17, 15) is 0 Å². The topological polar surface area (TPSA) is 37.5 Å². The predicted octanol–water partition coefficient (Wildman–Crippen LogP) is 12.5. The molecule has 0 amide bonds.